The summed E-state index contributed by atoms with van der Waals surface area (Å²) in [6.45, 7) is 0. The number of aromatic nitrogens is 2. The Morgan fingerprint density at radius 1 is 1.05 bits per heavy atom. The highest BCUT2D eigenvalue weighted by Crippen LogP contribution is 2.26. The van der Waals surface area contributed by atoms with Gasteiger partial charge in [-0.2, -0.15) is 0 Å². The molecule has 0 aliphatic rings. The number of H-pyrrole nitrogens is 1. The Kier molecular flexibility index (Phi) is 3.18. The van der Waals surface area contributed by atoms with Gasteiger partial charge in [-0.05, 0) is 58.5 Å². The quantitative estimate of drug-likeness (QED) is 0.615. The summed E-state index contributed by atoms with van der Waals surface area (Å²) in [5.74, 6) is -2.54. The van der Waals surface area contributed by atoms with E-state index in [-0.39, 0.29) is 14.8 Å². The summed E-state index contributed by atoms with van der Waals surface area (Å²) in [6, 6.07) is 6.62. The minimum atomic E-state index is -1.03. The van der Waals surface area contributed by atoms with Gasteiger partial charge in [-0.3, -0.25) is 4.57 Å². The summed E-state index contributed by atoms with van der Waals surface area (Å²) in [5.41, 5.74) is 0.611. The molecule has 0 saturated heterocycles. The van der Waals surface area contributed by atoms with E-state index in [1.165, 1.54) is 22.8 Å². The minimum absolute atomic E-state index is 0.0447. The van der Waals surface area contributed by atoms with Crippen LogP contribution in [0.25, 0.3) is 16.7 Å². The molecule has 0 saturated carbocycles. The van der Waals surface area contributed by atoms with Crippen molar-refractivity contribution in [3.8, 4) is 5.69 Å². The van der Waals surface area contributed by atoms with Gasteiger partial charge in [0.2, 0.25) is 0 Å². The van der Waals surface area contributed by atoms with Gasteiger partial charge in [0.25, 0.3) is 0 Å². The molecule has 0 aliphatic carbocycles. The van der Waals surface area contributed by atoms with Crippen LogP contribution in [0.5, 0.6) is 0 Å². The van der Waals surface area contributed by atoms with Gasteiger partial charge in [0.05, 0.1) is 15.7 Å². The smallest absolute Gasteiger partial charge is 0.184 e. The zero-order chi connectivity index (χ0) is 14.4. The van der Waals surface area contributed by atoms with E-state index >= 15 is 0 Å². The predicted octanol–water partition coefficient (Wildman–Crippen LogP) is 4.87. The van der Waals surface area contributed by atoms with Crippen LogP contribution in [0.3, 0.4) is 0 Å². The number of hydrogen-bond donors (Lipinski definition) is 1. The van der Waals surface area contributed by atoms with Crippen molar-refractivity contribution in [3.63, 3.8) is 0 Å². The third kappa shape index (κ3) is 1.97. The lowest BCUT2D eigenvalue weighted by Crippen LogP contribution is -1.98. The number of imidazole rings is 1. The molecular formula is C13H6BrF3N2S. The molecule has 2 aromatic carbocycles. The van der Waals surface area contributed by atoms with Crippen molar-refractivity contribution in [1.82, 2.24) is 9.55 Å². The first kappa shape index (κ1) is 13.4. The normalized spacial score (nSPS) is 11.2. The molecule has 7 heteroatoms. The molecule has 0 spiro atoms. The molecule has 0 atom stereocenters. The maximum Gasteiger partial charge on any atom is 0.184 e. The largest absolute Gasteiger partial charge is 0.330 e. The Morgan fingerprint density at radius 2 is 1.80 bits per heavy atom. The Labute approximate surface area is 125 Å². The lowest BCUT2D eigenvalue weighted by Gasteiger charge is -2.06. The van der Waals surface area contributed by atoms with Crippen molar-refractivity contribution in [2.24, 2.45) is 0 Å². The molecule has 3 rings (SSSR count). The second-order valence-corrected chi connectivity index (χ2v) is 5.36. The van der Waals surface area contributed by atoms with Crippen molar-refractivity contribution in [1.29, 1.82) is 0 Å². The standard InChI is InChI=1S/C13H6BrF3N2S/c14-7-2-1-6(5-9(7)16)19-12-10(18-13(19)20)4-3-8(15)11(12)17/h1-5H,(H,18,20). The topological polar surface area (TPSA) is 20.7 Å². The number of rotatable bonds is 1. The molecule has 0 aliphatic heterocycles. The molecule has 1 heterocycles. The summed E-state index contributed by atoms with van der Waals surface area (Å²) >= 11 is 8.13. The molecule has 0 unspecified atom stereocenters. The monoisotopic (exact) mass is 358 g/mol. The van der Waals surface area contributed by atoms with Crippen molar-refractivity contribution < 1.29 is 13.2 Å². The van der Waals surface area contributed by atoms with Crippen molar-refractivity contribution in [2.75, 3.05) is 0 Å². The molecule has 20 heavy (non-hydrogen) atoms. The maximum atomic E-state index is 14.0. The van der Waals surface area contributed by atoms with Crippen LogP contribution in [0.1, 0.15) is 0 Å². The Hall–Kier alpha value is -1.60. The van der Waals surface area contributed by atoms with Crippen LogP contribution >= 0.6 is 28.1 Å². The molecule has 0 amide bonds. The van der Waals surface area contributed by atoms with Gasteiger partial charge in [0.15, 0.2) is 16.4 Å². The van der Waals surface area contributed by atoms with Gasteiger partial charge in [0.1, 0.15) is 11.3 Å². The van der Waals surface area contributed by atoms with Crippen molar-refractivity contribution in [3.05, 3.63) is 57.0 Å². The number of fused-ring (bicyclic) bond motifs is 1. The van der Waals surface area contributed by atoms with E-state index in [1.807, 2.05) is 0 Å². The van der Waals surface area contributed by atoms with E-state index in [0.717, 1.165) is 6.07 Å². The van der Waals surface area contributed by atoms with Gasteiger partial charge in [0, 0.05) is 0 Å². The summed E-state index contributed by atoms with van der Waals surface area (Å²) < 4.78 is 42.7. The van der Waals surface area contributed by atoms with E-state index in [0.29, 0.717) is 11.2 Å². The van der Waals surface area contributed by atoms with Crippen LogP contribution in [0.15, 0.2) is 34.8 Å². The number of nitrogens with zero attached hydrogens (tertiary/aromatic N) is 1. The molecule has 0 radical (unpaired) electrons. The van der Waals surface area contributed by atoms with Crippen molar-refractivity contribution >= 4 is 39.2 Å². The van der Waals surface area contributed by atoms with Gasteiger partial charge in [-0.15, -0.1) is 0 Å². The first-order chi connectivity index (χ1) is 9.49. The van der Waals surface area contributed by atoms with E-state index in [2.05, 4.69) is 20.9 Å². The zero-order valence-corrected chi connectivity index (χ0v) is 12.2. The Bertz CT molecular complexity index is 885. The fourth-order valence-electron chi connectivity index (χ4n) is 2.00. The first-order valence-corrected chi connectivity index (χ1v) is 6.73. The van der Waals surface area contributed by atoms with Gasteiger partial charge in [-0.1, -0.05) is 0 Å². The summed E-state index contributed by atoms with van der Waals surface area (Å²) in [5, 5.41) is 0. The maximum absolute atomic E-state index is 14.0. The van der Waals surface area contributed by atoms with Gasteiger partial charge in [-0.25, -0.2) is 13.2 Å². The fourth-order valence-corrected chi connectivity index (χ4v) is 2.56. The van der Waals surface area contributed by atoms with Gasteiger partial charge >= 0.3 is 0 Å². The highest BCUT2D eigenvalue weighted by molar-refractivity contribution is 9.10. The molecule has 0 fully saturated rings. The zero-order valence-electron chi connectivity index (χ0n) is 9.75. The lowest BCUT2D eigenvalue weighted by molar-refractivity contribution is 0.514. The summed E-state index contributed by atoms with van der Waals surface area (Å²) in [7, 11) is 0. The van der Waals surface area contributed by atoms with Gasteiger partial charge < -0.3 is 4.98 Å². The van der Waals surface area contributed by atoms with E-state index in [1.54, 1.807) is 6.07 Å². The third-order valence-corrected chi connectivity index (χ3v) is 3.83. The highest BCUT2D eigenvalue weighted by atomic mass is 79.9. The van der Waals surface area contributed by atoms with Crippen molar-refractivity contribution in [2.45, 2.75) is 0 Å². The minimum Gasteiger partial charge on any atom is -0.330 e. The van der Waals surface area contributed by atoms with Crippen LogP contribution in [-0.4, -0.2) is 9.55 Å². The summed E-state index contributed by atoms with van der Waals surface area (Å²) in [4.78, 5) is 2.76. The number of nitrogens with one attached hydrogen (secondary N) is 1. The molecule has 1 aromatic heterocycles. The third-order valence-electron chi connectivity index (χ3n) is 2.90. The van der Waals surface area contributed by atoms with Crippen LogP contribution < -0.4 is 0 Å². The summed E-state index contributed by atoms with van der Waals surface area (Å²) in [6.07, 6.45) is 0. The highest BCUT2D eigenvalue weighted by Gasteiger charge is 2.15. The molecule has 1 N–H and O–H groups in total. The number of hydrogen-bond acceptors (Lipinski definition) is 1. The second-order valence-electron chi connectivity index (χ2n) is 4.12. The molecule has 102 valence electrons. The number of benzene rings is 2. The fraction of sp³-hybridized carbons (Fsp3) is 0. The van der Waals surface area contributed by atoms with Crippen LogP contribution in [-0.2, 0) is 0 Å². The van der Waals surface area contributed by atoms with Crippen LogP contribution in [0.2, 0.25) is 0 Å². The SMILES string of the molecule is Fc1cc(-n2c(=S)[nH]c3ccc(F)c(F)c32)ccc1Br. The Morgan fingerprint density at radius 3 is 2.50 bits per heavy atom. The number of aromatic amines is 1. The van der Waals surface area contributed by atoms with E-state index in [9.17, 15) is 13.2 Å². The Balaban J connectivity index is 2.41. The van der Waals surface area contributed by atoms with E-state index in [4.69, 9.17) is 12.2 Å². The molecule has 3 aromatic rings. The molecular weight excluding hydrogens is 353 g/mol. The average Bonchev–Trinajstić information content (AvgIpc) is 2.74. The molecule has 0 bridgehead atoms. The predicted molar refractivity (Wildman–Crippen MR) is 76.0 cm³/mol. The average molecular weight is 359 g/mol. The van der Waals surface area contributed by atoms with E-state index < -0.39 is 17.5 Å². The molecule has 2 nitrogen and oxygen atoms in total. The lowest BCUT2D eigenvalue weighted by atomic mass is 10.2. The van der Waals surface area contributed by atoms with Crippen LogP contribution in [0, 0.1) is 22.2 Å². The van der Waals surface area contributed by atoms with Crippen LogP contribution in [0.4, 0.5) is 13.2 Å². The second kappa shape index (κ2) is 4.75. The number of halogens is 4. The first-order valence-electron chi connectivity index (χ1n) is 5.53.